The van der Waals surface area contributed by atoms with Crippen molar-refractivity contribution in [3.05, 3.63) is 47.0 Å². The Kier molecular flexibility index (Phi) is 7.86. The number of benzene rings is 1. The van der Waals surface area contributed by atoms with Gasteiger partial charge in [0, 0.05) is 12.0 Å². The van der Waals surface area contributed by atoms with Gasteiger partial charge in [0.1, 0.15) is 12.2 Å². The Balaban J connectivity index is 1.21. The van der Waals surface area contributed by atoms with E-state index in [0.29, 0.717) is 25.7 Å². The van der Waals surface area contributed by atoms with Crippen molar-refractivity contribution in [3.63, 3.8) is 0 Å². The van der Waals surface area contributed by atoms with Crippen LogP contribution in [0.5, 0.6) is 0 Å². The second-order valence-electron chi connectivity index (χ2n) is 12.7. The van der Waals surface area contributed by atoms with Crippen LogP contribution in [-0.4, -0.2) is 68.7 Å². The van der Waals surface area contributed by atoms with Crippen LogP contribution in [0.25, 0.3) is 0 Å². The van der Waals surface area contributed by atoms with Crippen LogP contribution in [0.3, 0.4) is 0 Å². The van der Waals surface area contributed by atoms with Crippen LogP contribution in [0.4, 0.5) is 0 Å². The molecule has 222 valence electrons. The fourth-order valence-electron chi connectivity index (χ4n) is 8.56. The van der Waals surface area contributed by atoms with Crippen LogP contribution in [0.1, 0.15) is 74.7 Å². The number of oxime groups is 1. The highest BCUT2D eigenvalue weighted by atomic mass is 16.6. The Morgan fingerprint density at radius 1 is 1.10 bits per heavy atom. The molecule has 0 bridgehead atoms. The highest BCUT2D eigenvalue weighted by Gasteiger charge is 2.68. The molecule has 0 heterocycles. The number of ketones is 1. The first kappa shape index (κ1) is 29.4. The molecule has 0 radical (unpaired) electrons. The van der Waals surface area contributed by atoms with E-state index in [-0.39, 0.29) is 47.8 Å². The quantitative estimate of drug-likeness (QED) is 0.299. The van der Waals surface area contributed by atoms with Crippen LogP contribution in [0, 0.1) is 28.6 Å². The molecule has 10 heteroatoms. The number of aliphatic hydroxyl groups is 3. The average molecular weight is 569 g/mol. The molecule has 0 aromatic heterocycles. The van der Waals surface area contributed by atoms with Crippen molar-refractivity contribution in [2.24, 2.45) is 33.7 Å². The summed E-state index contributed by atoms with van der Waals surface area (Å²) in [5.41, 5.74) is 0.323. The van der Waals surface area contributed by atoms with Crippen molar-refractivity contribution in [2.45, 2.75) is 77.0 Å². The van der Waals surface area contributed by atoms with E-state index < -0.39 is 35.5 Å². The smallest absolute Gasteiger partial charge is 0.335 e. The third-order valence-electron chi connectivity index (χ3n) is 10.7. The molecule has 0 saturated heterocycles. The van der Waals surface area contributed by atoms with Gasteiger partial charge in [0.2, 0.25) is 0 Å². The second-order valence-corrected chi connectivity index (χ2v) is 12.7. The second kappa shape index (κ2) is 11.0. The SMILES string of the molecule is C[C@]12CC/C(=N\OCC(=O)NCc3ccc(C(=O)O)cc3)C=C1CC[C@@H]1[C@@H]2[C@@H](O)C[C@@]2(C)[C@H]1CC[C@]2(O)C(=O)CO. The van der Waals surface area contributed by atoms with Gasteiger partial charge in [-0.15, -0.1) is 0 Å². The number of rotatable bonds is 8. The number of carboxylic acid groups (broad SMARTS) is 1. The first-order valence-corrected chi connectivity index (χ1v) is 14.5. The molecule has 3 fully saturated rings. The molecule has 10 nitrogen and oxygen atoms in total. The number of nitrogens with zero attached hydrogens (tertiary/aromatic N) is 1. The van der Waals surface area contributed by atoms with Gasteiger partial charge in [-0.3, -0.25) is 9.59 Å². The zero-order chi connectivity index (χ0) is 29.6. The van der Waals surface area contributed by atoms with Gasteiger partial charge in [-0.05, 0) is 91.9 Å². The molecule has 7 atom stereocenters. The lowest BCUT2D eigenvalue weighted by Crippen LogP contribution is -2.62. The Morgan fingerprint density at radius 3 is 2.51 bits per heavy atom. The van der Waals surface area contributed by atoms with Crippen molar-refractivity contribution >= 4 is 23.4 Å². The molecule has 0 unspecified atom stereocenters. The Bertz CT molecular complexity index is 1280. The van der Waals surface area contributed by atoms with Crippen LogP contribution in [0.2, 0.25) is 0 Å². The first-order valence-electron chi connectivity index (χ1n) is 14.5. The van der Waals surface area contributed by atoms with E-state index in [1.165, 1.54) is 17.7 Å². The van der Waals surface area contributed by atoms with Gasteiger partial charge < -0.3 is 30.6 Å². The number of Topliss-reactive ketones (excluding diaryl/α,β-unsaturated/α-hetero) is 1. The zero-order valence-electron chi connectivity index (χ0n) is 23.6. The summed E-state index contributed by atoms with van der Waals surface area (Å²) in [5.74, 6) is -1.61. The molecule has 5 N–H and O–H groups in total. The first-order chi connectivity index (χ1) is 19.4. The third kappa shape index (κ3) is 5.00. The fraction of sp³-hybridized carbons (Fsp3) is 0.613. The van der Waals surface area contributed by atoms with Gasteiger partial charge in [-0.2, -0.15) is 0 Å². The molecule has 4 aliphatic carbocycles. The zero-order valence-corrected chi connectivity index (χ0v) is 23.6. The summed E-state index contributed by atoms with van der Waals surface area (Å²) in [6, 6.07) is 6.27. The maximum absolute atomic E-state index is 12.6. The Hall–Kier alpha value is -3.08. The standard InChI is InChI=1S/C31H40N2O8/c1-29-11-9-21(33-41-17-26(37)32-15-18-3-5-19(6-4-18)28(38)39)13-20(29)7-8-22-23-10-12-31(40,25(36)16-34)30(23,2)14-24(35)27(22)29/h3-6,13,22-24,27,34-35,40H,7-12,14-17H2,1-2H3,(H,32,37)(H,38,39)/b33-21+/t22-,23-,24-,27+,29-,30-,31-/m0/s1. The molecule has 4 aliphatic rings. The third-order valence-corrected chi connectivity index (χ3v) is 10.7. The summed E-state index contributed by atoms with van der Waals surface area (Å²) in [5, 5.41) is 48.4. The van der Waals surface area contributed by atoms with Crippen LogP contribution < -0.4 is 5.32 Å². The van der Waals surface area contributed by atoms with Crippen molar-refractivity contribution < 1.29 is 39.6 Å². The minimum Gasteiger partial charge on any atom is -0.478 e. The van der Waals surface area contributed by atoms with Gasteiger partial charge in [-0.25, -0.2) is 4.79 Å². The van der Waals surface area contributed by atoms with E-state index in [0.717, 1.165) is 30.5 Å². The predicted molar refractivity (Wildman–Crippen MR) is 149 cm³/mol. The topological polar surface area (TPSA) is 166 Å². The molecule has 41 heavy (non-hydrogen) atoms. The molecule has 1 amide bonds. The Morgan fingerprint density at radius 2 is 1.83 bits per heavy atom. The normalized spacial score (nSPS) is 36.9. The van der Waals surface area contributed by atoms with Gasteiger partial charge >= 0.3 is 5.97 Å². The molecule has 1 aromatic carbocycles. The molecule has 1 aromatic rings. The molecule has 3 saturated carbocycles. The van der Waals surface area contributed by atoms with E-state index in [2.05, 4.69) is 17.4 Å². The summed E-state index contributed by atoms with van der Waals surface area (Å²) < 4.78 is 0. The summed E-state index contributed by atoms with van der Waals surface area (Å²) in [6.07, 6.45) is 5.81. The fourth-order valence-corrected chi connectivity index (χ4v) is 8.56. The van der Waals surface area contributed by atoms with Crippen LogP contribution in [-0.2, 0) is 21.0 Å². The number of hydrogen-bond acceptors (Lipinski definition) is 8. The van der Waals surface area contributed by atoms with Gasteiger partial charge in [0.25, 0.3) is 5.91 Å². The molecule has 0 aliphatic heterocycles. The van der Waals surface area contributed by atoms with E-state index in [4.69, 9.17) is 9.94 Å². The van der Waals surface area contributed by atoms with E-state index in [1.54, 1.807) is 12.1 Å². The van der Waals surface area contributed by atoms with E-state index in [1.807, 2.05) is 13.0 Å². The largest absolute Gasteiger partial charge is 0.478 e. The highest BCUT2D eigenvalue weighted by Crippen LogP contribution is 2.67. The van der Waals surface area contributed by atoms with E-state index >= 15 is 0 Å². The lowest BCUT2D eigenvalue weighted by molar-refractivity contribution is -0.181. The minimum absolute atomic E-state index is 0.00460. The number of aromatic carboxylic acids is 1. The predicted octanol–water partition coefficient (Wildman–Crippen LogP) is 2.60. The highest BCUT2D eigenvalue weighted by molar-refractivity contribution is 5.96. The number of allylic oxidation sites excluding steroid dienone is 2. The van der Waals surface area contributed by atoms with E-state index in [9.17, 15) is 29.7 Å². The van der Waals surface area contributed by atoms with Gasteiger partial charge in [0.15, 0.2) is 12.4 Å². The number of nitrogens with one attached hydrogen (secondary N) is 1. The summed E-state index contributed by atoms with van der Waals surface area (Å²) in [6.45, 7) is 3.44. The monoisotopic (exact) mass is 568 g/mol. The number of carbonyl (C=O) groups is 3. The maximum Gasteiger partial charge on any atom is 0.335 e. The minimum atomic E-state index is -1.60. The number of amides is 1. The molecule has 0 spiro atoms. The van der Waals surface area contributed by atoms with Crippen molar-refractivity contribution in [1.82, 2.24) is 5.32 Å². The summed E-state index contributed by atoms with van der Waals surface area (Å²) in [4.78, 5) is 41.2. The van der Waals surface area contributed by atoms with Gasteiger partial charge in [0.05, 0.1) is 17.4 Å². The average Bonchev–Trinajstić information content (AvgIpc) is 3.22. The Labute approximate surface area is 239 Å². The van der Waals surface area contributed by atoms with Crippen LogP contribution >= 0.6 is 0 Å². The molecule has 5 rings (SSSR count). The summed E-state index contributed by atoms with van der Waals surface area (Å²) >= 11 is 0. The number of carbonyl (C=O) groups excluding carboxylic acids is 2. The maximum atomic E-state index is 12.6. The number of fused-ring (bicyclic) bond motifs is 5. The summed E-state index contributed by atoms with van der Waals surface area (Å²) in [7, 11) is 0. The van der Waals surface area contributed by atoms with Crippen molar-refractivity contribution in [1.29, 1.82) is 0 Å². The lowest BCUT2D eigenvalue weighted by Gasteiger charge is -2.60. The molecular formula is C31H40N2O8. The van der Waals surface area contributed by atoms with Gasteiger partial charge in [-0.1, -0.05) is 36.7 Å². The lowest BCUT2D eigenvalue weighted by atomic mass is 9.45. The molecular weight excluding hydrogens is 528 g/mol. The van der Waals surface area contributed by atoms with Crippen molar-refractivity contribution in [3.8, 4) is 0 Å². The number of hydrogen-bond donors (Lipinski definition) is 5. The number of carboxylic acids is 1. The van der Waals surface area contributed by atoms with Crippen molar-refractivity contribution in [2.75, 3.05) is 13.2 Å². The number of aliphatic hydroxyl groups excluding tert-OH is 2. The van der Waals surface area contributed by atoms with Crippen LogP contribution in [0.15, 0.2) is 41.1 Å².